The van der Waals surface area contributed by atoms with E-state index in [0.717, 1.165) is 18.2 Å². The third kappa shape index (κ3) is 4.72. The SMILES string of the molecule is CC(=NNC(=O)c1ccc(C(=O)O)c([N+](=O)[O-])c1)c1csc(-c2ccc(Cl)c(Cl)c2)c1O. The lowest BCUT2D eigenvalue weighted by Gasteiger charge is -2.05. The van der Waals surface area contributed by atoms with Crippen molar-refractivity contribution in [3.63, 3.8) is 0 Å². The van der Waals surface area contributed by atoms with E-state index < -0.39 is 28.1 Å². The van der Waals surface area contributed by atoms with Gasteiger partial charge in [0.2, 0.25) is 0 Å². The Hall–Kier alpha value is -3.47. The first kappa shape index (κ1) is 23.2. The lowest BCUT2D eigenvalue weighted by molar-refractivity contribution is -0.385. The monoisotopic (exact) mass is 493 g/mol. The van der Waals surface area contributed by atoms with Gasteiger partial charge in [0.25, 0.3) is 11.6 Å². The number of hydrogen-bond donors (Lipinski definition) is 3. The highest BCUT2D eigenvalue weighted by Gasteiger charge is 2.22. The Morgan fingerprint density at radius 2 is 1.84 bits per heavy atom. The summed E-state index contributed by atoms with van der Waals surface area (Å²) in [5.74, 6) is -2.34. The molecule has 0 saturated carbocycles. The first-order valence-corrected chi connectivity index (χ1v) is 10.4. The number of amides is 1. The fourth-order valence-electron chi connectivity index (χ4n) is 2.71. The number of hydrazone groups is 1. The van der Waals surface area contributed by atoms with E-state index >= 15 is 0 Å². The van der Waals surface area contributed by atoms with E-state index in [1.54, 1.807) is 30.5 Å². The number of nitrogens with one attached hydrogen (secondary N) is 1. The predicted molar refractivity (Wildman–Crippen MR) is 121 cm³/mol. The number of benzene rings is 2. The van der Waals surface area contributed by atoms with Crippen molar-refractivity contribution < 1.29 is 24.7 Å². The summed E-state index contributed by atoms with van der Waals surface area (Å²) in [6.45, 7) is 1.55. The van der Waals surface area contributed by atoms with Gasteiger partial charge in [-0.2, -0.15) is 5.10 Å². The highest BCUT2D eigenvalue weighted by molar-refractivity contribution is 7.14. The molecule has 0 spiro atoms. The largest absolute Gasteiger partial charge is 0.506 e. The fourth-order valence-corrected chi connectivity index (χ4v) is 4.02. The Morgan fingerprint density at radius 1 is 1.12 bits per heavy atom. The molecule has 12 heteroatoms. The minimum Gasteiger partial charge on any atom is -0.506 e. The maximum Gasteiger partial charge on any atom is 0.342 e. The number of nitro groups is 1. The third-order valence-corrected chi connectivity index (χ3v) is 6.11. The van der Waals surface area contributed by atoms with E-state index in [0.29, 0.717) is 26.0 Å². The van der Waals surface area contributed by atoms with Crippen molar-refractivity contribution in [2.45, 2.75) is 6.92 Å². The van der Waals surface area contributed by atoms with Gasteiger partial charge >= 0.3 is 5.97 Å². The molecule has 3 rings (SSSR count). The van der Waals surface area contributed by atoms with Crippen molar-refractivity contribution in [3.8, 4) is 16.2 Å². The number of aromatic carboxylic acids is 1. The Labute approximate surface area is 194 Å². The van der Waals surface area contributed by atoms with Crippen LogP contribution in [0.25, 0.3) is 10.4 Å². The molecule has 0 aliphatic rings. The quantitative estimate of drug-likeness (QED) is 0.245. The molecular weight excluding hydrogens is 481 g/mol. The first-order chi connectivity index (χ1) is 15.1. The van der Waals surface area contributed by atoms with E-state index in [-0.39, 0.29) is 17.0 Å². The average Bonchev–Trinajstić information content (AvgIpc) is 3.14. The van der Waals surface area contributed by atoms with Gasteiger partial charge in [0.05, 0.1) is 31.1 Å². The Kier molecular flexibility index (Phi) is 6.78. The zero-order valence-corrected chi connectivity index (χ0v) is 18.5. The molecule has 0 saturated heterocycles. The zero-order chi connectivity index (χ0) is 23.6. The van der Waals surface area contributed by atoms with Crippen LogP contribution in [0.4, 0.5) is 5.69 Å². The van der Waals surface area contributed by atoms with Gasteiger partial charge in [-0.3, -0.25) is 14.9 Å². The summed E-state index contributed by atoms with van der Waals surface area (Å²) >= 11 is 13.2. The number of nitro benzene ring substituents is 1. The molecular formula is C20H13Cl2N3O6S. The summed E-state index contributed by atoms with van der Waals surface area (Å²) in [6, 6.07) is 7.88. The number of carbonyl (C=O) groups excluding carboxylic acids is 1. The van der Waals surface area contributed by atoms with E-state index in [1.807, 2.05) is 0 Å². The molecule has 164 valence electrons. The lowest BCUT2D eigenvalue weighted by Crippen LogP contribution is -2.19. The number of nitrogens with zero attached hydrogens (tertiary/aromatic N) is 2. The summed E-state index contributed by atoms with van der Waals surface area (Å²) in [7, 11) is 0. The smallest absolute Gasteiger partial charge is 0.342 e. The van der Waals surface area contributed by atoms with Crippen LogP contribution >= 0.6 is 34.5 Å². The maximum atomic E-state index is 12.3. The van der Waals surface area contributed by atoms with Crippen molar-refractivity contribution in [1.29, 1.82) is 0 Å². The maximum absolute atomic E-state index is 12.3. The number of carbonyl (C=O) groups is 2. The minimum absolute atomic E-state index is 0.0645. The number of rotatable bonds is 6. The fraction of sp³-hybridized carbons (Fsp3) is 0.0500. The molecule has 32 heavy (non-hydrogen) atoms. The molecule has 0 bridgehead atoms. The van der Waals surface area contributed by atoms with Gasteiger partial charge in [0, 0.05) is 17.0 Å². The molecule has 0 unspecified atom stereocenters. The summed E-state index contributed by atoms with van der Waals surface area (Å²) in [6.07, 6.45) is 0. The number of hydrogen-bond acceptors (Lipinski definition) is 7. The molecule has 2 aromatic carbocycles. The number of carboxylic acid groups (broad SMARTS) is 1. The second-order valence-electron chi connectivity index (χ2n) is 6.39. The zero-order valence-electron chi connectivity index (χ0n) is 16.1. The molecule has 3 aromatic rings. The molecule has 9 nitrogen and oxygen atoms in total. The van der Waals surface area contributed by atoms with E-state index in [9.17, 15) is 24.8 Å². The molecule has 1 amide bonds. The van der Waals surface area contributed by atoms with Gasteiger partial charge in [0.1, 0.15) is 11.3 Å². The van der Waals surface area contributed by atoms with Gasteiger partial charge in [-0.25, -0.2) is 10.2 Å². The Bertz CT molecular complexity index is 1290. The topological polar surface area (TPSA) is 142 Å². The van der Waals surface area contributed by atoms with Crippen LogP contribution in [0.15, 0.2) is 46.9 Å². The lowest BCUT2D eigenvalue weighted by atomic mass is 10.1. The normalized spacial score (nSPS) is 11.3. The predicted octanol–water partition coefficient (Wildman–Crippen LogP) is 5.19. The second-order valence-corrected chi connectivity index (χ2v) is 8.08. The van der Waals surface area contributed by atoms with Gasteiger partial charge < -0.3 is 10.2 Å². The Balaban J connectivity index is 1.83. The number of carboxylic acids is 1. The van der Waals surface area contributed by atoms with Crippen LogP contribution < -0.4 is 5.43 Å². The van der Waals surface area contributed by atoms with Crippen molar-refractivity contribution in [1.82, 2.24) is 5.43 Å². The molecule has 0 atom stereocenters. The van der Waals surface area contributed by atoms with E-state index in [1.165, 1.54) is 11.3 Å². The van der Waals surface area contributed by atoms with Crippen LogP contribution in [0.1, 0.15) is 33.2 Å². The minimum atomic E-state index is -1.48. The number of aromatic hydroxyl groups is 1. The molecule has 1 aromatic heterocycles. The van der Waals surface area contributed by atoms with Crippen molar-refractivity contribution in [2.24, 2.45) is 5.10 Å². The first-order valence-electron chi connectivity index (χ1n) is 8.72. The highest BCUT2D eigenvalue weighted by Crippen LogP contribution is 2.40. The van der Waals surface area contributed by atoms with Crippen LogP contribution in [-0.4, -0.2) is 32.7 Å². The van der Waals surface area contributed by atoms with Crippen LogP contribution in [-0.2, 0) is 0 Å². The van der Waals surface area contributed by atoms with Crippen LogP contribution in [0.3, 0.4) is 0 Å². The van der Waals surface area contributed by atoms with E-state index in [4.69, 9.17) is 28.3 Å². The van der Waals surface area contributed by atoms with E-state index in [2.05, 4.69) is 10.5 Å². The second kappa shape index (κ2) is 9.35. The van der Waals surface area contributed by atoms with Crippen LogP contribution in [0, 0.1) is 10.1 Å². The molecule has 1 heterocycles. The molecule has 0 aliphatic heterocycles. The number of thiophene rings is 1. The summed E-state index contributed by atoms with van der Waals surface area (Å²) in [5.41, 5.74) is 2.12. The third-order valence-electron chi connectivity index (χ3n) is 4.35. The Morgan fingerprint density at radius 3 is 2.47 bits per heavy atom. The van der Waals surface area contributed by atoms with Crippen LogP contribution in [0.5, 0.6) is 5.75 Å². The van der Waals surface area contributed by atoms with Crippen molar-refractivity contribution in [2.75, 3.05) is 0 Å². The highest BCUT2D eigenvalue weighted by atomic mass is 35.5. The molecule has 0 aliphatic carbocycles. The number of halogens is 2. The summed E-state index contributed by atoms with van der Waals surface area (Å²) < 4.78 is 0. The standard InChI is InChI=1S/C20H13Cl2N3O6S/c1-9(13-8-32-18(17(13)26)10-3-5-14(21)15(22)6-10)23-24-19(27)11-2-4-12(20(28)29)16(7-11)25(30)31/h2-8,26H,1H3,(H,24,27)(H,28,29). The molecule has 3 N–H and O–H groups in total. The van der Waals surface area contributed by atoms with Gasteiger partial charge in [-0.1, -0.05) is 29.3 Å². The summed E-state index contributed by atoms with van der Waals surface area (Å²) in [5, 5.41) is 37.0. The molecule has 0 radical (unpaired) electrons. The van der Waals surface area contributed by atoms with Crippen molar-refractivity contribution in [3.05, 3.63) is 78.6 Å². The van der Waals surface area contributed by atoms with Gasteiger partial charge in [-0.15, -0.1) is 11.3 Å². The summed E-state index contributed by atoms with van der Waals surface area (Å²) in [4.78, 5) is 34.2. The van der Waals surface area contributed by atoms with Gasteiger partial charge in [-0.05, 0) is 36.8 Å². The van der Waals surface area contributed by atoms with Gasteiger partial charge in [0.15, 0.2) is 0 Å². The van der Waals surface area contributed by atoms with Crippen LogP contribution in [0.2, 0.25) is 10.0 Å². The molecule has 0 fully saturated rings. The van der Waals surface area contributed by atoms with Crippen molar-refractivity contribution >= 4 is 57.8 Å². The average molecular weight is 494 g/mol.